The molecule has 0 saturated heterocycles. The topological polar surface area (TPSA) is 127 Å². The Morgan fingerprint density at radius 3 is 2.55 bits per heavy atom. The maximum absolute atomic E-state index is 10.7. The zero-order valence-corrected chi connectivity index (χ0v) is 5.37. The predicted molar refractivity (Wildman–Crippen MR) is 39.1 cm³/mol. The van der Waals surface area contributed by atoms with Gasteiger partial charge in [0.1, 0.15) is 0 Å². The monoisotopic (exact) mass is 158 g/mol. The molecule has 11 heavy (non-hydrogen) atoms. The van der Waals surface area contributed by atoms with E-state index in [0.29, 0.717) is 0 Å². The second kappa shape index (κ2) is 2.37. The van der Waals surface area contributed by atoms with Gasteiger partial charge < -0.3 is 11.5 Å². The fourth-order valence-corrected chi connectivity index (χ4v) is 0.591. The highest BCUT2D eigenvalue weighted by molar-refractivity contribution is 5.56. The van der Waals surface area contributed by atoms with Crippen molar-refractivity contribution in [2.75, 3.05) is 11.5 Å². The molecule has 58 valence electrons. The summed E-state index contributed by atoms with van der Waals surface area (Å²) >= 11 is 0. The van der Waals surface area contributed by atoms with E-state index >= 15 is 0 Å². The van der Waals surface area contributed by atoms with Crippen molar-refractivity contribution in [3.05, 3.63) is 15.3 Å². The van der Waals surface area contributed by atoms with Crippen molar-refractivity contribution in [1.29, 1.82) is 0 Å². The molecule has 0 radical (unpaired) electrons. The number of nitrogen functional groups attached to an aromatic ring is 2. The summed E-state index contributed by atoms with van der Waals surface area (Å²) in [5.74, 6) is -0.402. The van der Waals surface area contributed by atoms with E-state index in [1.165, 1.54) is 0 Å². The molecule has 1 rings (SSSR count). The molecular weight excluding hydrogens is 153 g/mol. The lowest BCUT2D eigenvalue weighted by Crippen LogP contribution is -2.12. The maximum atomic E-state index is 10.7. The van der Waals surface area contributed by atoms with E-state index in [1.54, 1.807) is 0 Å². The third-order valence-electron chi connectivity index (χ3n) is 1.03. The van der Waals surface area contributed by atoms with Crippen LogP contribution < -0.4 is 17.0 Å². The van der Waals surface area contributed by atoms with Crippen molar-refractivity contribution in [1.82, 2.24) is 9.97 Å². The van der Waals surface area contributed by atoms with E-state index in [1.807, 2.05) is 0 Å². The number of nitrogens with zero attached hydrogens (tertiary/aromatic N) is 2. The first-order chi connectivity index (χ1) is 5.15. The van der Waals surface area contributed by atoms with E-state index in [-0.39, 0.29) is 11.8 Å². The quantitative estimate of drug-likeness (QED) is 0.369. The van der Waals surface area contributed by atoms with Crippen LogP contribution in [0.4, 0.5) is 17.5 Å². The van der Waals surface area contributed by atoms with Gasteiger partial charge in [0.2, 0.25) is 11.6 Å². The zero-order chi connectivity index (χ0) is 8.43. The van der Waals surface area contributed by atoms with Crippen molar-refractivity contribution in [3.8, 4) is 0 Å². The number of hydrogen-bond acceptors (Lipinski definition) is 6. The Labute approximate surface area is 60.4 Å². The Hall–Kier alpha value is -1.92. The van der Waals surface area contributed by atoms with Crippen LogP contribution in [0.25, 0.3) is 0 Å². The van der Waals surface area contributed by atoms with Gasteiger partial charge in [-0.2, -0.15) is 4.98 Å². The summed E-state index contributed by atoms with van der Waals surface area (Å²) in [5, 5.41) is 2.37. The minimum absolute atomic E-state index is 0.139. The van der Waals surface area contributed by atoms with Crippen molar-refractivity contribution in [3.63, 3.8) is 0 Å². The van der Waals surface area contributed by atoms with Gasteiger partial charge >= 0.3 is 0 Å². The van der Waals surface area contributed by atoms with Crippen molar-refractivity contribution < 1.29 is 0 Å². The number of aromatic nitrogens is 2. The van der Waals surface area contributed by atoms with Gasteiger partial charge in [0, 0.05) is 0 Å². The number of rotatable bonds is 1. The van der Waals surface area contributed by atoms with E-state index in [4.69, 9.17) is 11.5 Å². The molecule has 0 atom stereocenters. The van der Waals surface area contributed by atoms with Crippen LogP contribution in [-0.4, -0.2) is 9.97 Å². The van der Waals surface area contributed by atoms with Gasteiger partial charge in [0.15, 0.2) is 5.82 Å². The Morgan fingerprint density at radius 1 is 1.45 bits per heavy atom. The molecular formula is C4H5N5O2. The first-order valence-electron chi connectivity index (χ1n) is 2.63. The summed E-state index contributed by atoms with van der Waals surface area (Å²) in [5.41, 5.74) is 9.04. The standard InChI is InChI=1S/C4H5N5O2/c5-2-1(9-11)3(10)8-4(6)7-2/h(H5,5,6,7,8,10)/i1+1,2+1,9+1. The molecule has 0 fully saturated rings. The third kappa shape index (κ3) is 1.16. The van der Waals surface area contributed by atoms with Crippen LogP contribution in [0.2, 0.25) is 0 Å². The normalized spacial score (nSPS) is 9.45. The summed E-state index contributed by atoms with van der Waals surface area (Å²) in [6.45, 7) is 0. The Bertz CT molecular complexity index is 343. The van der Waals surface area contributed by atoms with Crippen LogP contribution in [0.15, 0.2) is 9.97 Å². The van der Waals surface area contributed by atoms with Gasteiger partial charge in [-0.1, -0.05) is 0 Å². The van der Waals surface area contributed by atoms with Gasteiger partial charge in [-0.15, -0.1) is 4.91 Å². The molecule has 0 aliphatic heterocycles. The number of aromatic amines is 1. The summed E-state index contributed by atoms with van der Waals surface area (Å²) in [6.07, 6.45) is 0. The molecule has 0 bridgehead atoms. The SMILES string of the molecule is Nc1n[13c](N)[13c]([15N]=O)c(=O)[nH]1. The van der Waals surface area contributed by atoms with Crippen LogP contribution in [0.5, 0.6) is 0 Å². The Balaban J connectivity index is 3.49. The second-order valence-electron chi connectivity index (χ2n) is 1.78. The predicted octanol–water partition coefficient (Wildman–Crippen LogP) is -0.668. The highest BCUT2D eigenvalue weighted by Gasteiger charge is 2.06. The van der Waals surface area contributed by atoms with E-state index in [2.05, 4.69) is 15.1 Å². The van der Waals surface area contributed by atoms with Crippen molar-refractivity contribution >= 4 is 17.5 Å². The molecule has 0 amide bonds. The van der Waals surface area contributed by atoms with Crippen molar-refractivity contribution in [2.45, 2.75) is 0 Å². The van der Waals surface area contributed by atoms with Gasteiger partial charge in [0.25, 0.3) is 5.56 Å². The largest absolute Gasteiger partial charge is 0.382 e. The molecule has 1 aromatic heterocycles. The number of hydrogen-bond donors (Lipinski definition) is 3. The van der Waals surface area contributed by atoms with Gasteiger partial charge in [-0.3, -0.25) is 9.78 Å². The molecule has 0 unspecified atom stereocenters. The lowest BCUT2D eigenvalue weighted by Gasteiger charge is -1.95. The fourth-order valence-electron chi connectivity index (χ4n) is 0.591. The van der Waals surface area contributed by atoms with Gasteiger partial charge in [0.05, 0.1) is 0 Å². The fraction of sp³-hybridized carbons (Fsp3) is 0. The highest BCUT2D eigenvalue weighted by Crippen LogP contribution is 2.11. The third-order valence-corrected chi connectivity index (χ3v) is 1.03. The average Bonchev–Trinajstić information content (AvgIpc) is 1.85. The van der Waals surface area contributed by atoms with E-state index < -0.39 is 11.2 Å². The minimum Gasteiger partial charge on any atom is -0.382 e. The number of nitrogens with one attached hydrogen (secondary N) is 1. The second-order valence-corrected chi connectivity index (χ2v) is 1.78. The zero-order valence-electron chi connectivity index (χ0n) is 5.37. The lowest BCUT2D eigenvalue weighted by atomic mass is 10.9. The van der Waals surface area contributed by atoms with Gasteiger partial charge in [-0.25, -0.2) is 0 Å². The average molecular weight is 158 g/mol. The molecule has 0 spiro atoms. The van der Waals surface area contributed by atoms with Crippen LogP contribution in [0, 0.1) is 4.91 Å². The number of anilines is 2. The molecule has 0 aliphatic rings. The van der Waals surface area contributed by atoms with E-state index in [0.717, 1.165) is 0 Å². The minimum atomic E-state index is -0.731. The molecule has 5 N–H and O–H groups in total. The molecule has 7 nitrogen and oxygen atoms in total. The number of H-pyrrole nitrogens is 1. The Kier molecular flexibility index (Phi) is 1.55. The first kappa shape index (κ1) is 7.19. The molecule has 0 aromatic carbocycles. The highest BCUT2D eigenvalue weighted by atomic mass is 16.4. The van der Waals surface area contributed by atoms with Gasteiger partial charge in [-0.05, 0) is 5.18 Å². The molecule has 1 aromatic rings. The molecule has 7 heteroatoms. The molecule has 1 heterocycles. The maximum Gasteiger partial charge on any atom is 0.284 e. The Morgan fingerprint density at radius 2 is 2.09 bits per heavy atom. The summed E-state index contributed by atoms with van der Waals surface area (Å²) in [6, 6.07) is 0. The van der Waals surface area contributed by atoms with Crippen LogP contribution in [0.1, 0.15) is 0 Å². The number of nitroso groups, excluding NO2 is 1. The summed E-state index contributed by atoms with van der Waals surface area (Å²) in [7, 11) is 0. The van der Waals surface area contributed by atoms with Crippen LogP contribution >= 0.6 is 0 Å². The lowest BCUT2D eigenvalue weighted by molar-refractivity contribution is 1.13. The molecule has 0 saturated carbocycles. The van der Waals surface area contributed by atoms with Crippen LogP contribution in [0.3, 0.4) is 0 Å². The summed E-state index contributed by atoms with van der Waals surface area (Å²) < 4.78 is 0. The van der Waals surface area contributed by atoms with E-state index in [9.17, 15) is 9.70 Å². The number of nitrogens with two attached hydrogens (primary N) is 2. The smallest absolute Gasteiger partial charge is 0.284 e. The summed E-state index contributed by atoms with van der Waals surface area (Å²) in [4.78, 5) is 26.2. The molecule has 0 aliphatic carbocycles. The first-order valence-corrected chi connectivity index (χ1v) is 2.63. The van der Waals surface area contributed by atoms with Crippen molar-refractivity contribution in [2.24, 2.45) is 5.18 Å². The van der Waals surface area contributed by atoms with Crippen LogP contribution in [-0.2, 0) is 0 Å².